The lowest BCUT2D eigenvalue weighted by molar-refractivity contribution is -0.144. The normalized spacial score (nSPS) is 16.0. The molecule has 0 aliphatic carbocycles. The molecule has 7 heteroatoms. The third-order valence-electron chi connectivity index (χ3n) is 5.12. The van der Waals surface area contributed by atoms with Gasteiger partial charge in [-0.25, -0.2) is 4.79 Å². The second-order valence-electron chi connectivity index (χ2n) is 8.99. The fourth-order valence-electron chi connectivity index (χ4n) is 3.48. The van der Waals surface area contributed by atoms with Crippen LogP contribution in [0.15, 0.2) is 24.3 Å². The number of ether oxygens (including phenoxy) is 2. The molecule has 0 radical (unpaired) electrons. The number of amides is 2. The quantitative estimate of drug-likeness (QED) is 0.706. The van der Waals surface area contributed by atoms with E-state index in [1.54, 1.807) is 4.90 Å². The van der Waals surface area contributed by atoms with E-state index in [0.29, 0.717) is 25.9 Å². The van der Waals surface area contributed by atoms with E-state index in [1.807, 2.05) is 52.0 Å². The van der Waals surface area contributed by atoms with Crippen LogP contribution in [0.3, 0.4) is 0 Å². The number of carbonyl (C=O) groups is 3. The van der Waals surface area contributed by atoms with Gasteiger partial charge in [0.25, 0.3) is 0 Å². The first-order chi connectivity index (χ1) is 14.1. The number of esters is 1. The molecule has 1 saturated heterocycles. The van der Waals surface area contributed by atoms with Gasteiger partial charge in [0.05, 0.1) is 13.0 Å². The molecule has 0 unspecified atom stereocenters. The molecule has 2 amide bonds. The van der Waals surface area contributed by atoms with Crippen LogP contribution in [0.1, 0.15) is 52.5 Å². The maximum atomic E-state index is 12.4. The Morgan fingerprint density at radius 1 is 1.13 bits per heavy atom. The van der Waals surface area contributed by atoms with E-state index < -0.39 is 5.60 Å². The molecule has 0 aromatic heterocycles. The Morgan fingerprint density at radius 3 is 2.27 bits per heavy atom. The molecule has 30 heavy (non-hydrogen) atoms. The zero-order valence-electron chi connectivity index (χ0n) is 18.7. The molecule has 1 aliphatic rings. The molecule has 166 valence electrons. The van der Waals surface area contributed by atoms with Gasteiger partial charge in [0.2, 0.25) is 5.91 Å². The van der Waals surface area contributed by atoms with Crippen LogP contribution in [0.4, 0.5) is 10.5 Å². The van der Waals surface area contributed by atoms with Gasteiger partial charge in [-0.2, -0.15) is 0 Å². The Morgan fingerprint density at radius 2 is 1.73 bits per heavy atom. The van der Waals surface area contributed by atoms with Crippen LogP contribution in [0.5, 0.6) is 0 Å². The summed E-state index contributed by atoms with van der Waals surface area (Å²) in [6.45, 7) is 8.62. The number of likely N-dealkylation sites (tertiary alicyclic amines) is 1. The monoisotopic (exact) mass is 418 g/mol. The number of nitrogens with one attached hydrogen (secondary N) is 1. The number of carbonyl (C=O) groups excluding carboxylic acids is 3. The first-order valence-corrected chi connectivity index (χ1v) is 10.5. The summed E-state index contributed by atoms with van der Waals surface area (Å²) < 4.78 is 10.2. The van der Waals surface area contributed by atoms with Crippen LogP contribution in [-0.2, 0) is 25.5 Å². The van der Waals surface area contributed by atoms with Crippen molar-refractivity contribution in [3.05, 3.63) is 29.8 Å². The van der Waals surface area contributed by atoms with Crippen LogP contribution in [-0.4, -0.2) is 48.7 Å². The van der Waals surface area contributed by atoms with E-state index >= 15 is 0 Å². The van der Waals surface area contributed by atoms with Gasteiger partial charge < -0.3 is 19.7 Å². The lowest BCUT2D eigenvalue weighted by atomic mass is 9.93. The first-order valence-electron chi connectivity index (χ1n) is 10.5. The van der Waals surface area contributed by atoms with Gasteiger partial charge in [-0.3, -0.25) is 9.59 Å². The van der Waals surface area contributed by atoms with E-state index in [0.717, 1.165) is 24.1 Å². The number of hydrogen-bond donors (Lipinski definition) is 1. The number of benzene rings is 1. The van der Waals surface area contributed by atoms with Crippen LogP contribution >= 0.6 is 0 Å². The predicted octanol–water partition coefficient (Wildman–Crippen LogP) is 4.01. The Bertz CT molecular complexity index is 731. The molecule has 0 spiro atoms. The number of anilines is 1. The topological polar surface area (TPSA) is 84.9 Å². The van der Waals surface area contributed by atoms with Crippen molar-refractivity contribution >= 4 is 23.7 Å². The highest BCUT2D eigenvalue weighted by Crippen LogP contribution is 2.23. The molecule has 2 rings (SSSR count). The van der Waals surface area contributed by atoms with E-state index in [2.05, 4.69) is 5.32 Å². The lowest BCUT2D eigenvalue weighted by Crippen LogP contribution is -2.42. The summed E-state index contributed by atoms with van der Waals surface area (Å²) in [5.41, 5.74) is 1.25. The third-order valence-corrected chi connectivity index (χ3v) is 5.12. The van der Waals surface area contributed by atoms with Crippen molar-refractivity contribution in [3.8, 4) is 0 Å². The van der Waals surface area contributed by atoms with Crippen LogP contribution < -0.4 is 5.32 Å². The van der Waals surface area contributed by atoms with Crippen molar-refractivity contribution in [1.29, 1.82) is 0 Å². The molecular weight excluding hydrogens is 384 g/mol. The van der Waals surface area contributed by atoms with Crippen molar-refractivity contribution in [3.63, 3.8) is 0 Å². The third kappa shape index (κ3) is 7.69. The van der Waals surface area contributed by atoms with Gasteiger partial charge >= 0.3 is 12.1 Å². The number of rotatable bonds is 6. The molecule has 0 bridgehead atoms. The van der Waals surface area contributed by atoms with E-state index in [1.165, 1.54) is 7.11 Å². The molecule has 1 heterocycles. The molecular formula is C23H34N2O5. The van der Waals surface area contributed by atoms with Crippen molar-refractivity contribution < 1.29 is 23.9 Å². The molecule has 1 atom stereocenters. The minimum Gasteiger partial charge on any atom is -0.469 e. The summed E-state index contributed by atoms with van der Waals surface area (Å²) in [6, 6.07) is 7.52. The standard InChI is InChI=1S/C23H34N2O5/c1-16(21(27)29-5)14-17-6-8-19(9-7-17)24-20(26)15-18-10-12-25(13-11-18)22(28)30-23(2,3)4/h6-9,16,18H,10-15H2,1-5H3,(H,24,26)/t16-/m1/s1. The number of methoxy groups -OCH3 is 1. The van der Waals surface area contributed by atoms with E-state index in [9.17, 15) is 14.4 Å². The zero-order chi connectivity index (χ0) is 22.3. The Kier molecular flexibility index (Phi) is 8.26. The minimum absolute atomic E-state index is 0.0265. The number of piperidine rings is 1. The Labute approximate surface area is 179 Å². The first kappa shape index (κ1) is 23.7. The maximum absolute atomic E-state index is 12.4. The van der Waals surface area contributed by atoms with Crippen LogP contribution in [0, 0.1) is 11.8 Å². The number of nitrogens with zero attached hydrogens (tertiary/aromatic N) is 1. The molecule has 0 saturated carbocycles. The van der Waals surface area contributed by atoms with Crippen molar-refractivity contribution in [2.24, 2.45) is 11.8 Å². The fourth-order valence-corrected chi connectivity index (χ4v) is 3.48. The second kappa shape index (κ2) is 10.5. The van der Waals surface area contributed by atoms with E-state index in [-0.39, 0.29) is 29.8 Å². The highest BCUT2D eigenvalue weighted by atomic mass is 16.6. The summed E-state index contributed by atoms with van der Waals surface area (Å²) >= 11 is 0. The molecule has 1 N–H and O–H groups in total. The van der Waals surface area contributed by atoms with Crippen molar-refractivity contribution in [2.75, 3.05) is 25.5 Å². The summed E-state index contributed by atoms with van der Waals surface area (Å²) in [5, 5.41) is 2.93. The summed E-state index contributed by atoms with van der Waals surface area (Å²) in [7, 11) is 1.39. The van der Waals surface area contributed by atoms with Crippen molar-refractivity contribution in [1.82, 2.24) is 4.90 Å². The smallest absolute Gasteiger partial charge is 0.410 e. The van der Waals surface area contributed by atoms with Gasteiger partial charge in [0.1, 0.15) is 5.60 Å². The summed E-state index contributed by atoms with van der Waals surface area (Å²) in [6.07, 6.45) is 2.32. The SMILES string of the molecule is COC(=O)[C@H](C)Cc1ccc(NC(=O)CC2CCN(C(=O)OC(C)(C)C)CC2)cc1. The van der Waals surface area contributed by atoms with Gasteiger partial charge in [-0.05, 0) is 63.6 Å². The van der Waals surface area contributed by atoms with Gasteiger partial charge in [0, 0.05) is 25.2 Å². The van der Waals surface area contributed by atoms with Crippen LogP contribution in [0.2, 0.25) is 0 Å². The summed E-state index contributed by atoms with van der Waals surface area (Å²) in [4.78, 5) is 37.8. The second-order valence-corrected chi connectivity index (χ2v) is 8.99. The largest absolute Gasteiger partial charge is 0.469 e. The summed E-state index contributed by atoms with van der Waals surface area (Å²) in [5.74, 6) is -0.211. The minimum atomic E-state index is -0.499. The van der Waals surface area contributed by atoms with Gasteiger partial charge in [-0.1, -0.05) is 19.1 Å². The van der Waals surface area contributed by atoms with Crippen molar-refractivity contribution in [2.45, 2.75) is 59.0 Å². The average molecular weight is 419 g/mol. The maximum Gasteiger partial charge on any atom is 0.410 e. The average Bonchev–Trinajstić information content (AvgIpc) is 2.68. The molecule has 1 fully saturated rings. The van der Waals surface area contributed by atoms with Crippen LogP contribution in [0.25, 0.3) is 0 Å². The number of hydrogen-bond acceptors (Lipinski definition) is 5. The Hall–Kier alpha value is -2.57. The predicted molar refractivity (Wildman–Crippen MR) is 115 cm³/mol. The van der Waals surface area contributed by atoms with E-state index in [4.69, 9.17) is 9.47 Å². The molecule has 7 nitrogen and oxygen atoms in total. The fraction of sp³-hybridized carbons (Fsp3) is 0.609. The molecule has 1 aromatic carbocycles. The molecule has 1 aromatic rings. The highest BCUT2D eigenvalue weighted by molar-refractivity contribution is 5.90. The zero-order valence-corrected chi connectivity index (χ0v) is 18.7. The van der Waals surface area contributed by atoms with Gasteiger partial charge in [-0.15, -0.1) is 0 Å². The lowest BCUT2D eigenvalue weighted by Gasteiger charge is -2.33. The highest BCUT2D eigenvalue weighted by Gasteiger charge is 2.27. The molecule has 1 aliphatic heterocycles. The Balaban J connectivity index is 1.76. The van der Waals surface area contributed by atoms with Gasteiger partial charge in [0.15, 0.2) is 0 Å².